The second kappa shape index (κ2) is 6.16. The van der Waals surface area contributed by atoms with Gasteiger partial charge in [-0.25, -0.2) is 13.9 Å². The highest BCUT2D eigenvalue weighted by molar-refractivity contribution is 5.62. The first-order valence-electron chi connectivity index (χ1n) is 7.99. The smallest absolute Gasteiger partial charge is 0.232 e. The Morgan fingerprint density at radius 3 is 2.75 bits per heavy atom. The largest absolute Gasteiger partial charge is 0.473 e. The zero-order valence-corrected chi connectivity index (χ0v) is 13.0. The van der Waals surface area contributed by atoms with Crippen LogP contribution >= 0.6 is 0 Å². The van der Waals surface area contributed by atoms with Crippen molar-refractivity contribution in [2.75, 3.05) is 0 Å². The molecule has 0 spiro atoms. The summed E-state index contributed by atoms with van der Waals surface area (Å²) in [6, 6.07) is 4.99. The van der Waals surface area contributed by atoms with Gasteiger partial charge in [0.15, 0.2) is 5.65 Å². The first-order valence-corrected chi connectivity index (χ1v) is 7.99. The molecular weight excluding hydrogens is 311 g/mol. The lowest BCUT2D eigenvalue weighted by Crippen LogP contribution is -2.26. The van der Waals surface area contributed by atoms with E-state index in [2.05, 4.69) is 15.1 Å². The van der Waals surface area contributed by atoms with Gasteiger partial charge >= 0.3 is 0 Å². The van der Waals surface area contributed by atoms with Crippen LogP contribution < -0.4 is 4.74 Å². The lowest BCUT2D eigenvalue weighted by Gasteiger charge is -2.25. The maximum absolute atomic E-state index is 13.4. The zero-order valence-electron chi connectivity index (χ0n) is 13.0. The van der Waals surface area contributed by atoms with Crippen LogP contribution in [0.5, 0.6) is 5.88 Å². The molecule has 1 aliphatic carbocycles. The van der Waals surface area contributed by atoms with Gasteiger partial charge in [-0.05, 0) is 37.8 Å². The van der Waals surface area contributed by atoms with Crippen LogP contribution in [0.4, 0.5) is 4.39 Å². The predicted octanol–water partition coefficient (Wildman–Crippen LogP) is 2.61. The van der Waals surface area contributed by atoms with Gasteiger partial charge in [0, 0.05) is 17.8 Å². The number of fused-ring (bicyclic) bond motifs is 1. The fraction of sp³-hybridized carbons (Fsp3) is 0.353. The molecule has 0 aromatic carbocycles. The number of aliphatic hydroxyl groups is 1. The number of aliphatic hydroxyl groups excluding tert-OH is 1. The molecule has 7 heteroatoms. The Labute approximate surface area is 137 Å². The van der Waals surface area contributed by atoms with Crippen LogP contribution in [0.25, 0.3) is 16.9 Å². The average Bonchev–Trinajstić information content (AvgIpc) is 3.00. The van der Waals surface area contributed by atoms with Gasteiger partial charge in [0.1, 0.15) is 11.9 Å². The molecule has 0 aliphatic heterocycles. The Morgan fingerprint density at radius 1 is 1.12 bits per heavy atom. The monoisotopic (exact) mass is 328 g/mol. The third kappa shape index (κ3) is 2.94. The van der Waals surface area contributed by atoms with Gasteiger partial charge in [-0.15, -0.1) is 5.10 Å². The normalized spacial score (nSPS) is 21.1. The number of hydrogen-bond donors (Lipinski definition) is 1. The summed E-state index contributed by atoms with van der Waals surface area (Å²) >= 11 is 0. The second-order valence-electron chi connectivity index (χ2n) is 6.03. The van der Waals surface area contributed by atoms with Crippen molar-refractivity contribution in [3.8, 4) is 17.1 Å². The van der Waals surface area contributed by atoms with Gasteiger partial charge in [0.2, 0.25) is 5.88 Å². The Bertz CT molecular complexity index is 859. The Balaban J connectivity index is 1.63. The highest BCUT2D eigenvalue weighted by atomic mass is 19.1. The Hall–Kier alpha value is -2.54. The van der Waals surface area contributed by atoms with Crippen molar-refractivity contribution in [3.63, 3.8) is 0 Å². The lowest BCUT2D eigenvalue weighted by atomic mass is 9.95. The number of aromatic nitrogens is 4. The van der Waals surface area contributed by atoms with E-state index in [4.69, 9.17) is 4.74 Å². The van der Waals surface area contributed by atoms with E-state index in [0.29, 0.717) is 22.8 Å². The summed E-state index contributed by atoms with van der Waals surface area (Å²) in [6.45, 7) is 0. The van der Waals surface area contributed by atoms with E-state index in [-0.39, 0.29) is 12.2 Å². The fourth-order valence-electron chi connectivity index (χ4n) is 3.00. The van der Waals surface area contributed by atoms with E-state index in [1.54, 1.807) is 23.0 Å². The van der Waals surface area contributed by atoms with Crippen LogP contribution in [0.3, 0.4) is 0 Å². The standard InChI is InChI=1S/C17H17FN4O2/c18-12-7-11(8-19-9-12)15-10-20-16-5-6-17(21-22(15)16)24-14-3-1-13(23)2-4-14/h5-10,13-14,23H,1-4H2. The Kier molecular flexibility index (Phi) is 3.86. The summed E-state index contributed by atoms with van der Waals surface area (Å²) in [5.74, 6) is 0.0862. The van der Waals surface area contributed by atoms with Crippen molar-refractivity contribution in [2.45, 2.75) is 37.9 Å². The summed E-state index contributed by atoms with van der Waals surface area (Å²) in [6.07, 6.45) is 7.32. The average molecular weight is 328 g/mol. The quantitative estimate of drug-likeness (QED) is 0.800. The molecule has 1 aliphatic rings. The molecule has 24 heavy (non-hydrogen) atoms. The SMILES string of the molecule is OC1CCC(Oc2ccc3ncc(-c4cncc(F)c4)n3n2)CC1. The van der Waals surface area contributed by atoms with E-state index in [9.17, 15) is 9.50 Å². The molecule has 0 bridgehead atoms. The molecule has 0 atom stereocenters. The van der Waals surface area contributed by atoms with E-state index in [1.165, 1.54) is 6.07 Å². The maximum atomic E-state index is 13.4. The van der Waals surface area contributed by atoms with Gasteiger partial charge < -0.3 is 9.84 Å². The molecule has 0 unspecified atom stereocenters. The number of imidazole rings is 1. The predicted molar refractivity (Wildman–Crippen MR) is 85.1 cm³/mol. The van der Waals surface area contributed by atoms with Gasteiger partial charge in [-0.3, -0.25) is 4.98 Å². The molecule has 124 valence electrons. The third-order valence-corrected chi connectivity index (χ3v) is 4.27. The molecule has 3 aromatic rings. The molecule has 0 amide bonds. The minimum Gasteiger partial charge on any atom is -0.473 e. The molecule has 3 aromatic heterocycles. The topological polar surface area (TPSA) is 72.5 Å². The first-order chi connectivity index (χ1) is 11.7. The van der Waals surface area contributed by atoms with Crippen molar-refractivity contribution in [1.29, 1.82) is 0 Å². The molecule has 3 heterocycles. The van der Waals surface area contributed by atoms with Gasteiger partial charge in [0.25, 0.3) is 0 Å². The molecule has 1 N–H and O–H groups in total. The van der Waals surface area contributed by atoms with Crippen molar-refractivity contribution >= 4 is 5.65 Å². The number of rotatable bonds is 3. The number of ether oxygens (including phenoxy) is 1. The van der Waals surface area contributed by atoms with E-state index < -0.39 is 5.82 Å². The van der Waals surface area contributed by atoms with E-state index in [0.717, 1.165) is 31.9 Å². The second-order valence-corrected chi connectivity index (χ2v) is 6.03. The van der Waals surface area contributed by atoms with E-state index in [1.807, 2.05) is 6.07 Å². The van der Waals surface area contributed by atoms with Gasteiger partial charge in [-0.2, -0.15) is 0 Å². The van der Waals surface area contributed by atoms with Crippen LogP contribution in [0, 0.1) is 5.82 Å². The van der Waals surface area contributed by atoms with Crippen LogP contribution in [0.1, 0.15) is 25.7 Å². The van der Waals surface area contributed by atoms with Crippen molar-refractivity contribution < 1.29 is 14.2 Å². The lowest BCUT2D eigenvalue weighted by molar-refractivity contribution is 0.0637. The molecule has 1 saturated carbocycles. The van der Waals surface area contributed by atoms with Crippen molar-refractivity contribution in [2.24, 2.45) is 0 Å². The highest BCUT2D eigenvalue weighted by Crippen LogP contribution is 2.25. The summed E-state index contributed by atoms with van der Waals surface area (Å²) < 4.78 is 21.0. The molecule has 0 radical (unpaired) electrons. The molecule has 0 saturated heterocycles. The summed E-state index contributed by atoms with van der Waals surface area (Å²) in [5, 5.41) is 14.0. The maximum Gasteiger partial charge on any atom is 0.232 e. The van der Waals surface area contributed by atoms with E-state index >= 15 is 0 Å². The molecular formula is C17H17FN4O2. The minimum atomic E-state index is -0.407. The highest BCUT2D eigenvalue weighted by Gasteiger charge is 2.21. The number of nitrogens with zero attached hydrogens (tertiary/aromatic N) is 4. The minimum absolute atomic E-state index is 0.0566. The van der Waals surface area contributed by atoms with Crippen LogP contribution in [0.2, 0.25) is 0 Å². The van der Waals surface area contributed by atoms with Gasteiger partial charge in [0.05, 0.1) is 24.2 Å². The van der Waals surface area contributed by atoms with Crippen LogP contribution in [-0.4, -0.2) is 36.9 Å². The summed E-state index contributed by atoms with van der Waals surface area (Å²) in [5.41, 5.74) is 1.91. The summed E-state index contributed by atoms with van der Waals surface area (Å²) in [7, 11) is 0. The molecule has 6 nitrogen and oxygen atoms in total. The number of hydrogen-bond acceptors (Lipinski definition) is 5. The van der Waals surface area contributed by atoms with Crippen LogP contribution in [-0.2, 0) is 0 Å². The fourth-order valence-corrected chi connectivity index (χ4v) is 3.00. The number of halogens is 1. The van der Waals surface area contributed by atoms with Gasteiger partial charge in [-0.1, -0.05) is 0 Å². The van der Waals surface area contributed by atoms with Crippen molar-refractivity contribution in [3.05, 3.63) is 42.6 Å². The van der Waals surface area contributed by atoms with Crippen LogP contribution in [0.15, 0.2) is 36.8 Å². The summed E-state index contributed by atoms with van der Waals surface area (Å²) in [4.78, 5) is 8.16. The number of pyridine rings is 1. The molecule has 1 fully saturated rings. The molecule has 4 rings (SSSR count). The van der Waals surface area contributed by atoms with Crippen molar-refractivity contribution in [1.82, 2.24) is 19.6 Å². The zero-order chi connectivity index (χ0) is 16.5. The Morgan fingerprint density at radius 2 is 1.96 bits per heavy atom. The third-order valence-electron chi connectivity index (χ3n) is 4.27. The first kappa shape index (κ1) is 15.0.